The summed E-state index contributed by atoms with van der Waals surface area (Å²) in [6, 6.07) is 6.66. The molecule has 0 amide bonds. The lowest BCUT2D eigenvalue weighted by Crippen LogP contribution is -2.46. The molecule has 1 aliphatic rings. The fourth-order valence-corrected chi connectivity index (χ4v) is 6.59. The Kier molecular flexibility index (Phi) is 18.1. The molecule has 0 spiro atoms. The highest BCUT2D eigenvalue weighted by Crippen LogP contribution is 2.35. The van der Waals surface area contributed by atoms with Crippen LogP contribution in [0.2, 0.25) is 0 Å². The van der Waals surface area contributed by atoms with Gasteiger partial charge in [0.25, 0.3) is 0 Å². The topological polar surface area (TPSA) is 49.6 Å². The molecule has 1 aromatic rings. The fraction of sp³-hybridized carbons (Fsp3) is 0.667. The quantitative estimate of drug-likeness (QED) is 0.0617. The van der Waals surface area contributed by atoms with Crippen molar-refractivity contribution in [3.05, 3.63) is 60.4 Å². The zero-order valence-electron chi connectivity index (χ0n) is 23.8. The first-order valence-electron chi connectivity index (χ1n) is 14.8. The summed E-state index contributed by atoms with van der Waals surface area (Å²) in [5, 5.41) is 12.2. The van der Waals surface area contributed by atoms with Crippen molar-refractivity contribution in [3.8, 4) is 0 Å². The number of anilines is 1. The molecule has 10 heteroatoms. The summed E-state index contributed by atoms with van der Waals surface area (Å²) in [6.07, 6.45) is 17.9. The van der Waals surface area contributed by atoms with Crippen molar-refractivity contribution < 1.29 is 9.31 Å². The molecule has 2 rings (SSSR count). The monoisotopic (exact) mass is 635 g/mol. The molecule has 1 saturated heterocycles. The second-order valence-corrected chi connectivity index (χ2v) is 12.8. The van der Waals surface area contributed by atoms with E-state index in [9.17, 15) is 14.5 Å². The molecule has 0 N–H and O–H groups in total. The number of unbranched alkanes of at least 4 members (excludes halogenated alkanes) is 13. The summed E-state index contributed by atoms with van der Waals surface area (Å²) < 4.78 is 14.0. The molecular formula is C30H45Cl3FN3O2S. The van der Waals surface area contributed by atoms with E-state index in [0.29, 0.717) is 36.9 Å². The van der Waals surface area contributed by atoms with E-state index in [4.69, 9.17) is 34.8 Å². The molecule has 40 heavy (non-hydrogen) atoms. The lowest BCUT2D eigenvalue weighted by Gasteiger charge is -2.38. The maximum Gasteiger partial charge on any atom is 0.319 e. The number of para-hydroxylation sites is 1. The van der Waals surface area contributed by atoms with Gasteiger partial charge in [-0.2, -0.15) is 0 Å². The predicted octanol–water partition coefficient (Wildman–Crippen LogP) is 10.5. The number of allylic oxidation sites excluding steroid dienone is 1. The van der Waals surface area contributed by atoms with E-state index in [0.717, 1.165) is 18.6 Å². The van der Waals surface area contributed by atoms with Gasteiger partial charge in [0.2, 0.25) is 0 Å². The van der Waals surface area contributed by atoms with Crippen LogP contribution in [0.4, 0.5) is 10.1 Å². The SMILES string of the molecule is CCCCCCCCCCCCCCCCS/C(=C(/C(Cl)=C(Cl)Cl)[N+](=O)[O-])N1CCN(c2ccccc2F)CC1. The molecule has 1 aliphatic heterocycles. The lowest BCUT2D eigenvalue weighted by molar-refractivity contribution is -0.421. The molecule has 0 aliphatic carbocycles. The second-order valence-electron chi connectivity index (χ2n) is 10.4. The molecule has 0 unspecified atom stereocenters. The van der Waals surface area contributed by atoms with Crippen molar-refractivity contribution in [2.45, 2.75) is 96.8 Å². The summed E-state index contributed by atoms with van der Waals surface area (Å²) in [7, 11) is 0. The van der Waals surface area contributed by atoms with Crippen LogP contribution in [0.1, 0.15) is 96.8 Å². The number of rotatable bonds is 20. The number of nitro groups is 1. The van der Waals surface area contributed by atoms with Crippen LogP contribution in [0.15, 0.2) is 44.5 Å². The molecule has 1 fully saturated rings. The van der Waals surface area contributed by atoms with Crippen LogP contribution in [0.5, 0.6) is 0 Å². The van der Waals surface area contributed by atoms with E-state index >= 15 is 0 Å². The second kappa shape index (κ2) is 20.7. The fourth-order valence-electron chi connectivity index (χ4n) is 4.98. The number of piperazine rings is 1. The summed E-state index contributed by atoms with van der Waals surface area (Å²) in [6.45, 7) is 4.32. The normalized spacial score (nSPS) is 14.3. The van der Waals surface area contributed by atoms with E-state index in [1.54, 1.807) is 18.2 Å². The van der Waals surface area contributed by atoms with Crippen molar-refractivity contribution in [2.24, 2.45) is 0 Å². The Hall–Kier alpha value is -1.15. The van der Waals surface area contributed by atoms with Crippen molar-refractivity contribution in [1.82, 2.24) is 4.90 Å². The van der Waals surface area contributed by atoms with E-state index in [1.165, 1.54) is 94.9 Å². The van der Waals surface area contributed by atoms with Gasteiger partial charge in [-0.05, 0) is 24.3 Å². The zero-order valence-corrected chi connectivity index (χ0v) is 26.9. The van der Waals surface area contributed by atoms with Crippen LogP contribution in [0, 0.1) is 15.9 Å². The van der Waals surface area contributed by atoms with Crippen molar-refractivity contribution in [2.75, 3.05) is 36.8 Å². The van der Waals surface area contributed by atoms with Crippen molar-refractivity contribution >= 4 is 52.3 Å². The lowest BCUT2D eigenvalue weighted by atomic mass is 10.0. The van der Waals surface area contributed by atoms with Gasteiger partial charge in [0.1, 0.15) is 10.3 Å². The van der Waals surface area contributed by atoms with Crippen molar-refractivity contribution in [1.29, 1.82) is 0 Å². The van der Waals surface area contributed by atoms with Crippen LogP contribution in [0.3, 0.4) is 0 Å². The number of hydrogen-bond acceptors (Lipinski definition) is 5. The molecule has 1 aromatic carbocycles. The van der Waals surface area contributed by atoms with Gasteiger partial charge in [0.05, 0.1) is 10.6 Å². The number of thioether (sulfide) groups is 1. The smallest absolute Gasteiger partial charge is 0.319 e. The Morgan fingerprint density at radius 2 is 1.35 bits per heavy atom. The molecule has 226 valence electrons. The van der Waals surface area contributed by atoms with Gasteiger partial charge >= 0.3 is 5.70 Å². The minimum atomic E-state index is -0.510. The number of nitrogens with zero attached hydrogens (tertiary/aromatic N) is 3. The highest BCUT2D eigenvalue weighted by atomic mass is 35.5. The highest BCUT2D eigenvalue weighted by molar-refractivity contribution is 8.03. The molecule has 5 nitrogen and oxygen atoms in total. The van der Waals surface area contributed by atoms with E-state index < -0.39 is 4.92 Å². The summed E-state index contributed by atoms with van der Waals surface area (Å²) in [4.78, 5) is 15.4. The van der Waals surface area contributed by atoms with Crippen LogP contribution in [-0.4, -0.2) is 41.8 Å². The molecule has 0 radical (unpaired) electrons. The van der Waals surface area contributed by atoms with E-state index in [2.05, 4.69) is 6.92 Å². The highest BCUT2D eigenvalue weighted by Gasteiger charge is 2.31. The first-order valence-corrected chi connectivity index (χ1v) is 17.0. The van der Waals surface area contributed by atoms with Crippen LogP contribution in [-0.2, 0) is 0 Å². The Labute approximate surface area is 259 Å². The molecule has 1 heterocycles. The minimum absolute atomic E-state index is 0.256. The third-order valence-electron chi connectivity index (χ3n) is 7.26. The molecule has 0 saturated carbocycles. The first kappa shape index (κ1) is 35.0. The van der Waals surface area contributed by atoms with Crippen LogP contribution >= 0.6 is 46.6 Å². The average molecular weight is 637 g/mol. The summed E-state index contributed by atoms with van der Waals surface area (Å²) in [5.41, 5.74) is 0.273. The largest absolute Gasteiger partial charge is 0.366 e. The minimum Gasteiger partial charge on any atom is -0.366 e. The van der Waals surface area contributed by atoms with Gasteiger partial charge in [-0.15, -0.1) is 11.8 Å². The van der Waals surface area contributed by atoms with Gasteiger partial charge in [-0.25, -0.2) is 4.39 Å². The summed E-state index contributed by atoms with van der Waals surface area (Å²) >= 11 is 19.4. The zero-order chi connectivity index (χ0) is 29.2. The molecule has 0 bridgehead atoms. The van der Waals surface area contributed by atoms with Gasteiger partial charge in [0.15, 0.2) is 10.1 Å². The third-order valence-corrected chi connectivity index (χ3v) is 9.41. The van der Waals surface area contributed by atoms with Gasteiger partial charge in [-0.3, -0.25) is 10.1 Å². The number of hydrogen-bond donors (Lipinski definition) is 0. The first-order chi connectivity index (χ1) is 19.4. The Balaban J connectivity index is 1.80. The van der Waals surface area contributed by atoms with E-state index in [-0.39, 0.29) is 21.0 Å². The predicted molar refractivity (Wildman–Crippen MR) is 172 cm³/mol. The van der Waals surface area contributed by atoms with Gasteiger partial charge in [0, 0.05) is 26.2 Å². The Morgan fingerprint density at radius 3 is 1.82 bits per heavy atom. The number of benzene rings is 1. The Morgan fingerprint density at radius 1 is 0.850 bits per heavy atom. The van der Waals surface area contributed by atoms with Gasteiger partial charge in [-0.1, -0.05) is 137 Å². The molecule has 0 aromatic heterocycles. The van der Waals surface area contributed by atoms with Crippen LogP contribution < -0.4 is 4.90 Å². The standard InChI is InChI=1S/C30H45Cl3FN3O2S/c1-2-3-4-5-6-7-8-9-10-11-12-13-14-17-24-40-30(28(37(38)39)27(31)29(32)33)36-22-20-35(21-23-36)26-19-16-15-18-25(26)34/h15-16,18-19H,2-14,17,20-24H2,1H3/b30-28-. The maximum absolute atomic E-state index is 14.3. The molecule has 0 atom stereocenters. The van der Waals surface area contributed by atoms with Crippen molar-refractivity contribution in [3.63, 3.8) is 0 Å². The third kappa shape index (κ3) is 12.8. The molecular weight excluding hydrogens is 592 g/mol. The average Bonchev–Trinajstić information content (AvgIpc) is 2.94. The van der Waals surface area contributed by atoms with Gasteiger partial charge < -0.3 is 9.80 Å². The van der Waals surface area contributed by atoms with Crippen LogP contribution in [0.25, 0.3) is 0 Å². The number of halogens is 4. The summed E-state index contributed by atoms with van der Waals surface area (Å²) in [5.74, 6) is 0.465. The van der Waals surface area contributed by atoms with E-state index in [1.807, 2.05) is 9.80 Å². The maximum atomic E-state index is 14.3. The Bertz CT molecular complexity index is 952.